The van der Waals surface area contributed by atoms with Gasteiger partial charge >= 0.3 is 5.97 Å². The smallest absolute Gasteiger partial charge is 0.323 e. The van der Waals surface area contributed by atoms with Crippen molar-refractivity contribution in [3.05, 3.63) is 23.8 Å². The highest BCUT2D eigenvalue weighted by Gasteiger charge is 2.48. The Morgan fingerprint density at radius 3 is 3.00 bits per heavy atom. The standard InChI is InChI=1S/C16H18N2O4/c1-3-20-15(19)11-7-16(2,8-17)14(18-11)10-4-5-12-13(6-10)22-9-21-12/h4-6,11,14,18H,3,7,9H2,1-2H3/t11-,14+,16-/m1/s1. The number of nitrogens with one attached hydrogen (secondary N) is 1. The predicted molar refractivity (Wildman–Crippen MR) is 77.2 cm³/mol. The summed E-state index contributed by atoms with van der Waals surface area (Å²) in [5, 5.41) is 12.8. The molecule has 0 aromatic heterocycles. The average molecular weight is 302 g/mol. The highest BCUT2D eigenvalue weighted by molar-refractivity contribution is 5.76. The predicted octanol–water partition coefficient (Wildman–Crippen LogP) is 1.91. The maximum atomic E-state index is 12.0. The second kappa shape index (κ2) is 5.50. The number of hydrogen-bond donors (Lipinski definition) is 1. The molecule has 0 bridgehead atoms. The molecule has 2 heterocycles. The topological polar surface area (TPSA) is 80.6 Å². The van der Waals surface area contributed by atoms with Crippen LogP contribution in [-0.4, -0.2) is 25.4 Å². The molecule has 2 aliphatic rings. The number of rotatable bonds is 3. The Hall–Kier alpha value is -2.26. The van der Waals surface area contributed by atoms with Crippen molar-refractivity contribution in [3.8, 4) is 17.6 Å². The van der Waals surface area contributed by atoms with E-state index in [0.717, 1.165) is 5.56 Å². The fourth-order valence-electron chi connectivity index (χ4n) is 3.05. The van der Waals surface area contributed by atoms with Crippen molar-refractivity contribution in [2.45, 2.75) is 32.4 Å². The third kappa shape index (κ3) is 2.38. The number of benzene rings is 1. The zero-order valence-corrected chi connectivity index (χ0v) is 12.6. The van der Waals surface area contributed by atoms with Crippen LogP contribution in [0.4, 0.5) is 0 Å². The molecular formula is C16H18N2O4. The minimum absolute atomic E-state index is 0.206. The molecule has 1 aromatic rings. The number of nitrogens with zero attached hydrogens (tertiary/aromatic N) is 1. The first-order valence-corrected chi connectivity index (χ1v) is 7.31. The van der Waals surface area contributed by atoms with E-state index >= 15 is 0 Å². The van der Waals surface area contributed by atoms with Gasteiger partial charge in [0.2, 0.25) is 6.79 Å². The van der Waals surface area contributed by atoms with E-state index in [-0.39, 0.29) is 18.8 Å². The number of nitriles is 1. The molecule has 0 aliphatic carbocycles. The van der Waals surface area contributed by atoms with Gasteiger partial charge in [0.05, 0.1) is 24.1 Å². The van der Waals surface area contributed by atoms with Gasteiger partial charge in [-0.3, -0.25) is 10.1 Å². The van der Waals surface area contributed by atoms with Crippen molar-refractivity contribution in [3.63, 3.8) is 0 Å². The minimum Gasteiger partial charge on any atom is -0.465 e. The lowest BCUT2D eigenvalue weighted by Crippen LogP contribution is -2.34. The third-order valence-electron chi connectivity index (χ3n) is 4.19. The van der Waals surface area contributed by atoms with Crippen LogP contribution in [0, 0.1) is 16.7 Å². The van der Waals surface area contributed by atoms with Gasteiger partial charge in [0, 0.05) is 0 Å². The minimum atomic E-state index is -0.689. The SMILES string of the molecule is CCOC(=O)[C@H]1C[C@](C)(C#N)[C@H](c2ccc3c(c2)OCO3)N1. The molecule has 0 saturated carbocycles. The summed E-state index contributed by atoms with van der Waals surface area (Å²) in [6.07, 6.45) is 0.418. The quantitative estimate of drug-likeness (QED) is 0.859. The van der Waals surface area contributed by atoms with Gasteiger partial charge in [-0.1, -0.05) is 6.07 Å². The lowest BCUT2D eigenvalue weighted by molar-refractivity contribution is -0.145. The molecule has 1 aromatic carbocycles. The number of carbonyl (C=O) groups is 1. The molecule has 1 fully saturated rings. The molecule has 2 aliphatic heterocycles. The summed E-state index contributed by atoms with van der Waals surface area (Å²) in [7, 11) is 0. The Kier molecular flexibility index (Phi) is 3.67. The molecule has 1 saturated heterocycles. The molecule has 1 N–H and O–H groups in total. The summed E-state index contributed by atoms with van der Waals surface area (Å²) in [6.45, 7) is 4.16. The van der Waals surface area contributed by atoms with Gasteiger partial charge in [0.15, 0.2) is 11.5 Å². The molecule has 6 heteroatoms. The van der Waals surface area contributed by atoms with Crippen LogP contribution >= 0.6 is 0 Å². The fraction of sp³-hybridized carbons (Fsp3) is 0.500. The maximum Gasteiger partial charge on any atom is 0.323 e. The van der Waals surface area contributed by atoms with E-state index in [9.17, 15) is 10.1 Å². The van der Waals surface area contributed by atoms with Gasteiger partial charge in [-0.15, -0.1) is 0 Å². The summed E-state index contributed by atoms with van der Waals surface area (Å²) in [5.74, 6) is 1.05. The molecule has 0 unspecified atom stereocenters. The van der Waals surface area contributed by atoms with Gasteiger partial charge in [-0.2, -0.15) is 5.26 Å². The molecular weight excluding hydrogens is 284 g/mol. The highest BCUT2D eigenvalue weighted by Crippen LogP contribution is 2.45. The van der Waals surface area contributed by atoms with E-state index in [0.29, 0.717) is 24.5 Å². The van der Waals surface area contributed by atoms with E-state index in [1.807, 2.05) is 25.1 Å². The van der Waals surface area contributed by atoms with Crippen molar-refractivity contribution in [1.29, 1.82) is 5.26 Å². The molecule has 6 nitrogen and oxygen atoms in total. The van der Waals surface area contributed by atoms with E-state index < -0.39 is 11.5 Å². The van der Waals surface area contributed by atoms with E-state index in [1.54, 1.807) is 6.92 Å². The Morgan fingerprint density at radius 2 is 2.27 bits per heavy atom. The first kappa shape index (κ1) is 14.7. The zero-order chi connectivity index (χ0) is 15.7. The molecule has 3 atom stereocenters. The highest BCUT2D eigenvalue weighted by atomic mass is 16.7. The Labute approximate surface area is 129 Å². The van der Waals surface area contributed by atoms with E-state index in [2.05, 4.69) is 11.4 Å². The molecule has 0 spiro atoms. The number of hydrogen-bond acceptors (Lipinski definition) is 6. The summed E-state index contributed by atoms with van der Waals surface area (Å²) in [6, 6.07) is 7.20. The fourth-order valence-corrected chi connectivity index (χ4v) is 3.05. The molecule has 116 valence electrons. The maximum absolute atomic E-state index is 12.0. The summed E-state index contributed by atoms with van der Waals surface area (Å²) in [5.41, 5.74) is 0.214. The lowest BCUT2D eigenvalue weighted by atomic mass is 9.80. The van der Waals surface area contributed by atoms with Crippen molar-refractivity contribution >= 4 is 5.97 Å². The number of carbonyl (C=O) groups excluding carboxylic acids is 1. The van der Waals surface area contributed by atoms with Crippen LogP contribution in [0.25, 0.3) is 0 Å². The van der Waals surface area contributed by atoms with Gasteiger partial charge < -0.3 is 14.2 Å². The molecule has 22 heavy (non-hydrogen) atoms. The molecule has 0 radical (unpaired) electrons. The first-order chi connectivity index (χ1) is 10.6. The van der Waals surface area contributed by atoms with E-state index in [4.69, 9.17) is 14.2 Å². The Balaban J connectivity index is 1.88. The zero-order valence-electron chi connectivity index (χ0n) is 12.6. The first-order valence-electron chi connectivity index (χ1n) is 7.31. The second-order valence-corrected chi connectivity index (χ2v) is 5.75. The van der Waals surface area contributed by atoms with Gasteiger partial charge in [0.25, 0.3) is 0 Å². The Bertz CT molecular complexity index is 640. The monoisotopic (exact) mass is 302 g/mol. The van der Waals surface area contributed by atoms with E-state index in [1.165, 1.54) is 0 Å². The van der Waals surface area contributed by atoms with Crippen LogP contribution in [0.5, 0.6) is 11.5 Å². The van der Waals surface area contributed by atoms with Crippen molar-refractivity contribution < 1.29 is 19.0 Å². The van der Waals surface area contributed by atoms with Crippen molar-refractivity contribution in [2.75, 3.05) is 13.4 Å². The van der Waals surface area contributed by atoms with Crippen molar-refractivity contribution in [2.24, 2.45) is 5.41 Å². The van der Waals surface area contributed by atoms with Crippen LogP contribution in [0.3, 0.4) is 0 Å². The van der Waals surface area contributed by atoms with Crippen LogP contribution in [0.15, 0.2) is 18.2 Å². The second-order valence-electron chi connectivity index (χ2n) is 5.75. The van der Waals surface area contributed by atoms with Crippen LogP contribution in [0.1, 0.15) is 31.9 Å². The van der Waals surface area contributed by atoms with Crippen LogP contribution in [-0.2, 0) is 9.53 Å². The summed E-state index contributed by atoms with van der Waals surface area (Å²) < 4.78 is 15.8. The average Bonchev–Trinajstić information content (AvgIpc) is 3.11. The summed E-state index contributed by atoms with van der Waals surface area (Å²) >= 11 is 0. The lowest BCUT2D eigenvalue weighted by Gasteiger charge is -2.23. The van der Waals surface area contributed by atoms with Crippen LogP contribution in [0.2, 0.25) is 0 Å². The van der Waals surface area contributed by atoms with Gasteiger partial charge in [0.1, 0.15) is 6.04 Å². The van der Waals surface area contributed by atoms with Gasteiger partial charge in [-0.05, 0) is 38.0 Å². The number of esters is 1. The summed E-state index contributed by atoms with van der Waals surface area (Å²) in [4.78, 5) is 12.0. The normalized spacial score (nSPS) is 29.1. The third-order valence-corrected chi connectivity index (χ3v) is 4.19. The number of ether oxygens (including phenoxy) is 3. The molecule has 0 amide bonds. The largest absolute Gasteiger partial charge is 0.465 e. The number of fused-ring (bicyclic) bond motifs is 1. The van der Waals surface area contributed by atoms with Gasteiger partial charge in [-0.25, -0.2) is 0 Å². The Morgan fingerprint density at radius 1 is 1.50 bits per heavy atom. The van der Waals surface area contributed by atoms with Crippen LogP contribution < -0.4 is 14.8 Å². The van der Waals surface area contributed by atoms with Crippen molar-refractivity contribution in [1.82, 2.24) is 5.32 Å². The molecule has 3 rings (SSSR count).